The van der Waals surface area contributed by atoms with Gasteiger partial charge in [-0.05, 0) is 81.6 Å². The predicted molar refractivity (Wildman–Crippen MR) is 198 cm³/mol. The van der Waals surface area contributed by atoms with Crippen molar-refractivity contribution in [3.8, 4) is 28.3 Å². The molecule has 3 heterocycles. The van der Waals surface area contributed by atoms with Gasteiger partial charge in [-0.2, -0.15) is 0 Å². The third kappa shape index (κ3) is 3.01. The Labute approximate surface area is 274 Å². The molecular formula is C44H25N3O. The Balaban J connectivity index is 1.28. The molecule has 0 radical (unpaired) electrons. The molecule has 0 saturated heterocycles. The monoisotopic (exact) mass is 611 g/mol. The predicted octanol–water partition coefficient (Wildman–Crippen LogP) is 11.5. The second kappa shape index (κ2) is 8.75. The molecule has 0 bridgehead atoms. The molecule has 2 aliphatic rings. The van der Waals surface area contributed by atoms with Crippen molar-refractivity contribution in [2.45, 2.75) is 12.8 Å². The minimum Gasteiger partial charge on any atom is -0.456 e. The lowest BCUT2D eigenvalue weighted by molar-refractivity contribution is 0.669. The van der Waals surface area contributed by atoms with Crippen LogP contribution in [-0.4, -0.2) is 14.5 Å². The summed E-state index contributed by atoms with van der Waals surface area (Å²) in [7, 11) is 0. The van der Waals surface area contributed by atoms with Gasteiger partial charge in [0, 0.05) is 37.9 Å². The number of fused-ring (bicyclic) bond motifs is 5. The Hall–Kier alpha value is -6.26. The van der Waals surface area contributed by atoms with Gasteiger partial charge >= 0.3 is 0 Å². The zero-order chi connectivity index (χ0) is 31.1. The maximum absolute atomic E-state index is 6.54. The fourth-order valence-corrected chi connectivity index (χ4v) is 8.80. The van der Waals surface area contributed by atoms with Crippen LogP contribution in [0.1, 0.15) is 17.5 Å². The minimum absolute atomic E-state index is 0.675. The summed E-state index contributed by atoms with van der Waals surface area (Å²) < 4.78 is 8.82. The SMILES string of the molecule is C1=Cc2c(cccc2-c2nc(-n3c4cccc5c4c4c6c(ccc43)oc3ccc4cccc-5c4c36)nc3ccc4ccccc4c23)CC1. The molecule has 7 aromatic carbocycles. The van der Waals surface area contributed by atoms with Gasteiger partial charge in [0.1, 0.15) is 11.2 Å². The van der Waals surface area contributed by atoms with Gasteiger partial charge in [0.15, 0.2) is 0 Å². The molecule has 0 aliphatic heterocycles. The lowest BCUT2D eigenvalue weighted by Gasteiger charge is -2.18. The first-order valence-electron chi connectivity index (χ1n) is 16.6. The van der Waals surface area contributed by atoms with E-state index in [9.17, 15) is 0 Å². The molecule has 0 saturated carbocycles. The van der Waals surface area contributed by atoms with Crippen molar-refractivity contribution in [3.63, 3.8) is 0 Å². The standard InChI is InChI=1S/C44H25N3O/c1-3-12-27-24(8-1)10-5-16-31(27)43-38-28-13-4-2-9-25(28)18-20-32(38)45-44(46-43)47-33-17-7-15-30-29-14-6-11-26-19-22-35-41(37(26)29)42-36(48-35)23-21-34(47)40(42)39(30)33/h2-7,9-23H,1,8H2. The zero-order valence-corrected chi connectivity index (χ0v) is 25.8. The van der Waals surface area contributed by atoms with E-state index < -0.39 is 0 Å². The van der Waals surface area contributed by atoms with Gasteiger partial charge in [-0.15, -0.1) is 0 Å². The van der Waals surface area contributed by atoms with Crippen LogP contribution in [0.2, 0.25) is 0 Å². The summed E-state index contributed by atoms with van der Waals surface area (Å²) in [6.07, 6.45) is 6.67. The van der Waals surface area contributed by atoms with E-state index in [1.807, 2.05) is 0 Å². The lowest BCUT2D eigenvalue weighted by Crippen LogP contribution is -2.05. The summed E-state index contributed by atoms with van der Waals surface area (Å²) in [4.78, 5) is 11.0. The van der Waals surface area contributed by atoms with Gasteiger partial charge in [0.05, 0.1) is 22.2 Å². The van der Waals surface area contributed by atoms with E-state index in [4.69, 9.17) is 14.4 Å². The van der Waals surface area contributed by atoms with E-state index in [1.54, 1.807) is 0 Å². The van der Waals surface area contributed by atoms with E-state index in [-0.39, 0.29) is 0 Å². The van der Waals surface area contributed by atoms with Gasteiger partial charge in [0.2, 0.25) is 5.95 Å². The molecule has 0 amide bonds. The average Bonchev–Trinajstić information content (AvgIpc) is 3.65. The van der Waals surface area contributed by atoms with E-state index in [2.05, 4.69) is 132 Å². The van der Waals surface area contributed by atoms with Crippen LogP contribution in [0.3, 0.4) is 0 Å². The van der Waals surface area contributed by atoms with Crippen LogP contribution < -0.4 is 0 Å². The molecule has 2 aliphatic carbocycles. The number of aromatic nitrogens is 3. The van der Waals surface area contributed by atoms with Crippen molar-refractivity contribution in [2.24, 2.45) is 0 Å². The lowest BCUT2D eigenvalue weighted by atomic mass is 9.90. The zero-order valence-electron chi connectivity index (χ0n) is 25.8. The fourth-order valence-electron chi connectivity index (χ4n) is 8.80. The molecule has 10 aromatic rings. The van der Waals surface area contributed by atoms with Crippen LogP contribution in [0, 0.1) is 0 Å². The van der Waals surface area contributed by atoms with Crippen LogP contribution in [0.4, 0.5) is 0 Å². The fraction of sp³-hybridized carbons (Fsp3) is 0.0455. The second-order valence-electron chi connectivity index (χ2n) is 13.2. The normalized spacial score (nSPS) is 13.6. The van der Waals surface area contributed by atoms with Gasteiger partial charge in [-0.1, -0.05) is 97.1 Å². The van der Waals surface area contributed by atoms with Crippen LogP contribution in [0.15, 0.2) is 126 Å². The van der Waals surface area contributed by atoms with Crippen molar-refractivity contribution in [1.82, 2.24) is 14.5 Å². The third-order valence-corrected chi connectivity index (χ3v) is 10.8. The summed E-state index contributed by atoms with van der Waals surface area (Å²) in [5.41, 5.74) is 12.1. The Bertz CT molecular complexity index is 3120. The summed E-state index contributed by atoms with van der Waals surface area (Å²) in [6.45, 7) is 0. The molecule has 0 unspecified atom stereocenters. The van der Waals surface area contributed by atoms with Crippen LogP contribution >= 0.6 is 0 Å². The first kappa shape index (κ1) is 24.9. The highest BCUT2D eigenvalue weighted by molar-refractivity contribution is 6.37. The molecule has 0 spiro atoms. The molecule has 12 rings (SSSR count). The van der Waals surface area contributed by atoms with Crippen molar-refractivity contribution < 1.29 is 4.42 Å². The Kier molecular flexibility index (Phi) is 4.54. The molecule has 0 atom stereocenters. The number of aryl methyl sites for hydroxylation is 1. The number of hydrogen-bond acceptors (Lipinski definition) is 3. The number of hydrogen-bond donors (Lipinski definition) is 0. The number of nitrogens with zero attached hydrogens (tertiary/aromatic N) is 3. The maximum Gasteiger partial charge on any atom is 0.235 e. The Morgan fingerprint density at radius 1 is 0.542 bits per heavy atom. The minimum atomic E-state index is 0.675. The van der Waals surface area contributed by atoms with Gasteiger partial charge in [-0.3, -0.25) is 4.57 Å². The van der Waals surface area contributed by atoms with Crippen LogP contribution in [-0.2, 0) is 6.42 Å². The highest BCUT2D eigenvalue weighted by atomic mass is 16.3. The van der Waals surface area contributed by atoms with E-state index in [1.165, 1.54) is 65.3 Å². The topological polar surface area (TPSA) is 43.9 Å². The van der Waals surface area contributed by atoms with Gasteiger partial charge in [-0.25, -0.2) is 9.97 Å². The van der Waals surface area contributed by atoms with E-state index >= 15 is 0 Å². The van der Waals surface area contributed by atoms with Crippen LogP contribution in [0.25, 0.3) is 111 Å². The largest absolute Gasteiger partial charge is 0.456 e. The first-order valence-corrected chi connectivity index (χ1v) is 16.6. The van der Waals surface area contributed by atoms with E-state index in [0.717, 1.165) is 57.2 Å². The summed E-state index contributed by atoms with van der Waals surface area (Å²) in [5.74, 6) is 0.675. The maximum atomic E-state index is 6.54. The molecule has 4 heteroatoms. The highest BCUT2D eigenvalue weighted by Crippen LogP contribution is 2.50. The van der Waals surface area contributed by atoms with Crippen molar-refractivity contribution in [3.05, 3.63) is 132 Å². The summed E-state index contributed by atoms with van der Waals surface area (Å²) in [6, 6.07) is 41.5. The number of benzene rings is 7. The van der Waals surface area contributed by atoms with Crippen molar-refractivity contribution in [1.29, 1.82) is 0 Å². The van der Waals surface area contributed by atoms with Crippen molar-refractivity contribution >= 4 is 82.3 Å². The number of rotatable bonds is 2. The second-order valence-corrected chi connectivity index (χ2v) is 13.2. The molecule has 222 valence electrons. The Morgan fingerprint density at radius 2 is 1.29 bits per heavy atom. The van der Waals surface area contributed by atoms with Gasteiger partial charge in [0.25, 0.3) is 0 Å². The summed E-state index contributed by atoms with van der Waals surface area (Å²) >= 11 is 0. The molecule has 48 heavy (non-hydrogen) atoms. The van der Waals surface area contributed by atoms with Gasteiger partial charge < -0.3 is 4.42 Å². The Morgan fingerprint density at radius 3 is 2.25 bits per heavy atom. The molecular weight excluding hydrogens is 587 g/mol. The van der Waals surface area contributed by atoms with Crippen LogP contribution in [0.5, 0.6) is 0 Å². The van der Waals surface area contributed by atoms with Crippen molar-refractivity contribution in [2.75, 3.05) is 0 Å². The number of furan rings is 1. The average molecular weight is 612 g/mol. The molecule has 0 N–H and O–H groups in total. The smallest absolute Gasteiger partial charge is 0.235 e. The third-order valence-electron chi connectivity index (χ3n) is 10.8. The summed E-state index contributed by atoms with van der Waals surface area (Å²) in [5, 5.41) is 10.7. The van der Waals surface area contributed by atoms with E-state index in [0.29, 0.717) is 5.95 Å². The first-order chi connectivity index (χ1) is 23.8. The molecule has 3 aromatic heterocycles. The quantitative estimate of drug-likeness (QED) is 0.183. The molecule has 4 nitrogen and oxygen atoms in total. The highest BCUT2D eigenvalue weighted by Gasteiger charge is 2.27. The number of allylic oxidation sites excluding steroid dienone is 1. The molecule has 0 fully saturated rings.